The fourth-order valence-electron chi connectivity index (χ4n) is 0.937. The molecule has 0 bridgehead atoms. The summed E-state index contributed by atoms with van der Waals surface area (Å²) in [6.45, 7) is 0. The Balaban J connectivity index is 3.19. The molecule has 1 nitrogen and oxygen atoms in total. The number of ether oxygens (including phenoxy) is 1. The van der Waals surface area contributed by atoms with E-state index >= 15 is 0 Å². The van der Waals surface area contributed by atoms with E-state index in [4.69, 9.17) is 0 Å². The molecule has 0 aliphatic rings. The Kier molecular flexibility index (Phi) is 3.41. The van der Waals surface area contributed by atoms with Gasteiger partial charge >= 0.3 is 12.5 Å². The van der Waals surface area contributed by atoms with Crippen LogP contribution < -0.4 is 4.74 Å². The number of rotatable bonds is 1. The first-order valence-electron chi connectivity index (χ1n) is 3.72. The van der Waals surface area contributed by atoms with E-state index in [-0.39, 0.29) is 4.47 Å². The third-order valence-corrected chi connectivity index (χ3v) is 1.97. The Morgan fingerprint density at radius 2 is 1.56 bits per heavy atom. The van der Waals surface area contributed by atoms with Gasteiger partial charge in [0.2, 0.25) is 0 Å². The molecule has 0 aliphatic heterocycles. The normalized spacial score (nSPS) is 12.7. The van der Waals surface area contributed by atoms with Gasteiger partial charge in [-0.3, -0.25) is 0 Å². The maximum absolute atomic E-state index is 12.3. The van der Waals surface area contributed by atoms with E-state index in [0.29, 0.717) is 12.1 Å². The van der Waals surface area contributed by atoms with Crippen LogP contribution in [0.1, 0.15) is 5.56 Å². The zero-order valence-electron chi connectivity index (χ0n) is 7.29. The number of hydrogen-bond donors (Lipinski definition) is 0. The van der Waals surface area contributed by atoms with Crippen molar-refractivity contribution >= 4 is 15.9 Å². The molecule has 0 saturated carbocycles. The molecular formula is C8H3BrF6O. The fourth-order valence-corrected chi connectivity index (χ4v) is 1.30. The summed E-state index contributed by atoms with van der Waals surface area (Å²) in [5, 5.41) is 0. The molecule has 0 aliphatic carbocycles. The van der Waals surface area contributed by atoms with Crippen LogP contribution in [0.25, 0.3) is 0 Å². The summed E-state index contributed by atoms with van der Waals surface area (Å²) in [7, 11) is 0. The highest BCUT2D eigenvalue weighted by Gasteiger charge is 2.39. The minimum absolute atomic E-state index is 0.00866. The van der Waals surface area contributed by atoms with Gasteiger partial charge in [0.25, 0.3) is 0 Å². The highest BCUT2D eigenvalue weighted by molar-refractivity contribution is 9.10. The van der Waals surface area contributed by atoms with Crippen molar-refractivity contribution in [3.8, 4) is 5.75 Å². The van der Waals surface area contributed by atoms with Crippen molar-refractivity contribution in [1.82, 2.24) is 0 Å². The highest BCUT2D eigenvalue weighted by atomic mass is 79.9. The lowest BCUT2D eigenvalue weighted by atomic mass is 10.2. The Labute approximate surface area is 94.1 Å². The topological polar surface area (TPSA) is 9.23 Å². The van der Waals surface area contributed by atoms with Crippen molar-refractivity contribution in [3.05, 3.63) is 28.2 Å². The predicted octanol–water partition coefficient (Wildman–Crippen LogP) is 4.37. The molecule has 0 fully saturated rings. The van der Waals surface area contributed by atoms with Gasteiger partial charge in [0.1, 0.15) is 5.75 Å². The standard InChI is InChI=1S/C8H3BrF6O/c9-4-1-2-6(16-8(13,14)15)5(3-4)7(10,11)12/h1-3H. The molecule has 0 unspecified atom stereocenters. The predicted molar refractivity (Wildman–Crippen MR) is 45.8 cm³/mol. The lowest BCUT2D eigenvalue weighted by Crippen LogP contribution is -2.20. The molecule has 1 aromatic carbocycles. The van der Waals surface area contributed by atoms with Crippen molar-refractivity contribution in [2.45, 2.75) is 12.5 Å². The molecular weight excluding hydrogens is 306 g/mol. The Hall–Kier alpha value is -0.920. The van der Waals surface area contributed by atoms with Crippen LogP contribution in [-0.4, -0.2) is 6.36 Å². The maximum atomic E-state index is 12.3. The minimum Gasteiger partial charge on any atom is -0.405 e. The average Bonchev–Trinajstić information content (AvgIpc) is 2.04. The molecule has 0 amide bonds. The molecule has 0 saturated heterocycles. The third kappa shape index (κ3) is 3.58. The van der Waals surface area contributed by atoms with Crippen LogP contribution in [0, 0.1) is 0 Å². The summed E-state index contributed by atoms with van der Waals surface area (Å²) >= 11 is 2.73. The molecule has 0 N–H and O–H groups in total. The van der Waals surface area contributed by atoms with Gasteiger partial charge in [-0.15, -0.1) is 13.2 Å². The Morgan fingerprint density at radius 3 is 2.00 bits per heavy atom. The zero-order chi connectivity index (χ0) is 12.6. The monoisotopic (exact) mass is 308 g/mol. The third-order valence-electron chi connectivity index (χ3n) is 1.47. The first-order valence-corrected chi connectivity index (χ1v) is 4.51. The molecule has 0 spiro atoms. The summed E-state index contributed by atoms with van der Waals surface area (Å²) in [4.78, 5) is 0. The molecule has 0 heterocycles. The van der Waals surface area contributed by atoms with Crippen LogP contribution >= 0.6 is 15.9 Å². The van der Waals surface area contributed by atoms with Crippen molar-refractivity contribution < 1.29 is 31.1 Å². The minimum atomic E-state index is -5.16. The Bertz CT molecular complexity index is 383. The largest absolute Gasteiger partial charge is 0.573 e. The van der Waals surface area contributed by atoms with Crippen molar-refractivity contribution in [2.75, 3.05) is 0 Å². The molecule has 1 aromatic rings. The van der Waals surface area contributed by atoms with Gasteiger partial charge in [-0.1, -0.05) is 15.9 Å². The van der Waals surface area contributed by atoms with Crippen LogP contribution in [0.2, 0.25) is 0 Å². The average molecular weight is 309 g/mol. The quantitative estimate of drug-likeness (QED) is 0.700. The van der Waals surface area contributed by atoms with Crippen LogP contribution in [0.3, 0.4) is 0 Å². The van der Waals surface area contributed by atoms with Gasteiger partial charge in [-0.25, -0.2) is 0 Å². The lowest BCUT2D eigenvalue weighted by Gasteiger charge is -2.15. The van der Waals surface area contributed by atoms with Gasteiger partial charge in [-0.2, -0.15) is 13.2 Å². The van der Waals surface area contributed by atoms with Crippen molar-refractivity contribution in [2.24, 2.45) is 0 Å². The van der Waals surface area contributed by atoms with Crippen LogP contribution in [0.15, 0.2) is 22.7 Å². The second-order valence-corrected chi connectivity index (χ2v) is 3.60. The molecule has 0 aromatic heterocycles. The van der Waals surface area contributed by atoms with Gasteiger partial charge in [0.15, 0.2) is 0 Å². The van der Waals surface area contributed by atoms with E-state index in [1.54, 1.807) is 0 Å². The fraction of sp³-hybridized carbons (Fsp3) is 0.250. The van der Waals surface area contributed by atoms with Crippen LogP contribution in [-0.2, 0) is 6.18 Å². The molecule has 16 heavy (non-hydrogen) atoms. The van der Waals surface area contributed by atoms with Gasteiger partial charge in [0.05, 0.1) is 5.56 Å². The number of hydrogen-bond acceptors (Lipinski definition) is 1. The van der Waals surface area contributed by atoms with E-state index in [2.05, 4.69) is 20.7 Å². The molecule has 0 atom stereocenters. The number of alkyl halides is 6. The lowest BCUT2D eigenvalue weighted by molar-refractivity contribution is -0.276. The Morgan fingerprint density at radius 1 is 1.00 bits per heavy atom. The van der Waals surface area contributed by atoms with Gasteiger partial charge in [0, 0.05) is 4.47 Å². The number of benzene rings is 1. The number of halogens is 7. The van der Waals surface area contributed by atoms with E-state index in [1.165, 1.54) is 0 Å². The SMILES string of the molecule is FC(F)(F)Oc1ccc(Br)cc1C(F)(F)F. The van der Waals surface area contributed by atoms with Crippen LogP contribution in [0.4, 0.5) is 26.3 Å². The van der Waals surface area contributed by atoms with Crippen molar-refractivity contribution in [3.63, 3.8) is 0 Å². The van der Waals surface area contributed by atoms with Crippen LogP contribution in [0.5, 0.6) is 5.75 Å². The second kappa shape index (κ2) is 4.15. The summed E-state index contributed by atoms with van der Waals surface area (Å²) < 4.78 is 75.7. The van der Waals surface area contributed by atoms with E-state index in [0.717, 1.165) is 6.07 Å². The highest BCUT2D eigenvalue weighted by Crippen LogP contribution is 2.39. The molecule has 0 radical (unpaired) electrons. The summed E-state index contributed by atoms with van der Waals surface area (Å²) in [5.41, 5.74) is -1.49. The molecule has 1 rings (SSSR count). The second-order valence-electron chi connectivity index (χ2n) is 2.69. The zero-order valence-corrected chi connectivity index (χ0v) is 8.87. The maximum Gasteiger partial charge on any atom is 0.573 e. The summed E-state index contributed by atoms with van der Waals surface area (Å²) in [6, 6.07) is 2.14. The first-order chi connectivity index (χ1) is 7.09. The van der Waals surface area contributed by atoms with E-state index in [1.807, 2.05) is 0 Å². The van der Waals surface area contributed by atoms with Gasteiger partial charge in [-0.05, 0) is 18.2 Å². The smallest absolute Gasteiger partial charge is 0.405 e. The molecule has 8 heteroatoms. The molecule has 90 valence electrons. The van der Waals surface area contributed by atoms with E-state index < -0.39 is 23.9 Å². The summed E-state index contributed by atoms with van der Waals surface area (Å²) in [6.07, 6.45) is -10.1. The van der Waals surface area contributed by atoms with E-state index in [9.17, 15) is 26.3 Å². The summed E-state index contributed by atoms with van der Waals surface area (Å²) in [5.74, 6) is -1.27. The van der Waals surface area contributed by atoms with Crippen molar-refractivity contribution in [1.29, 1.82) is 0 Å². The first kappa shape index (κ1) is 13.1. The van der Waals surface area contributed by atoms with Gasteiger partial charge < -0.3 is 4.74 Å².